The molecule has 4 rings (SSSR count). The van der Waals surface area contributed by atoms with Crippen LogP contribution >= 0.6 is 11.3 Å². The fourth-order valence-electron chi connectivity index (χ4n) is 3.77. The van der Waals surface area contributed by atoms with Crippen molar-refractivity contribution in [1.29, 1.82) is 0 Å². The van der Waals surface area contributed by atoms with E-state index in [1.54, 1.807) is 23.5 Å². The van der Waals surface area contributed by atoms with E-state index >= 15 is 0 Å². The Labute approximate surface area is 190 Å². The molecule has 7 heteroatoms. The van der Waals surface area contributed by atoms with Crippen molar-refractivity contribution < 1.29 is 14.7 Å². The summed E-state index contributed by atoms with van der Waals surface area (Å²) in [6.07, 6.45) is 1.04. The second-order valence-corrected chi connectivity index (χ2v) is 8.98. The number of carbonyl (C=O) groups excluding carboxylic acids is 1. The Morgan fingerprint density at radius 1 is 1.12 bits per heavy atom. The van der Waals surface area contributed by atoms with E-state index in [9.17, 15) is 14.7 Å². The maximum Gasteiger partial charge on any atom is 0.326 e. The fraction of sp³-hybridized carbons (Fsp3) is 0.240. The highest BCUT2D eigenvalue weighted by Crippen LogP contribution is 2.25. The van der Waals surface area contributed by atoms with Gasteiger partial charge in [-0.15, -0.1) is 0 Å². The molecule has 0 saturated carbocycles. The molecule has 0 bridgehead atoms. The highest BCUT2D eigenvalue weighted by molar-refractivity contribution is 7.07. The number of carbonyl (C=O) groups is 2. The molecule has 6 nitrogen and oxygen atoms in total. The number of thiophene rings is 1. The standard InChI is InChI=1S/C25H25N3O3S/c1-16(2)12-21(25(30)31)27-24(29)18-8-9-22-20(14-18)26-23(13-17-10-11-32-15-17)28(22)19-6-4-3-5-7-19/h3-11,14-16,21H,12-13H2,1-2H3,(H,27,29)(H,30,31). The van der Waals surface area contributed by atoms with Gasteiger partial charge in [0.1, 0.15) is 11.9 Å². The lowest BCUT2D eigenvalue weighted by Crippen LogP contribution is -2.41. The monoisotopic (exact) mass is 447 g/mol. The van der Waals surface area contributed by atoms with E-state index in [1.165, 1.54) is 5.56 Å². The van der Waals surface area contributed by atoms with Gasteiger partial charge in [-0.25, -0.2) is 9.78 Å². The van der Waals surface area contributed by atoms with Crippen molar-refractivity contribution >= 4 is 34.2 Å². The number of aromatic nitrogens is 2. The molecule has 0 aliphatic rings. The number of aliphatic carboxylic acids is 1. The molecule has 2 N–H and O–H groups in total. The molecule has 2 aromatic carbocycles. The van der Waals surface area contributed by atoms with Crippen LogP contribution in [0.1, 0.15) is 42.0 Å². The molecule has 1 atom stereocenters. The van der Waals surface area contributed by atoms with Crippen LogP contribution in [0.25, 0.3) is 16.7 Å². The number of rotatable bonds is 8. The van der Waals surface area contributed by atoms with Crippen LogP contribution in [-0.4, -0.2) is 32.6 Å². The first-order chi connectivity index (χ1) is 15.4. The van der Waals surface area contributed by atoms with Gasteiger partial charge in [-0.1, -0.05) is 32.0 Å². The maximum absolute atomic E-state index is 12.8. The Balaban J connectivity index is 1.71. The van der Waals surface area contributed by atoms with E-state index in [2.05, 4.69) is 21.3 Å². The summed E-state index contributed by atoms with van der Waals surface area (Å²) in [6, 6.07) is 16.5. The van der Waals surface area contributed by atoms with E-state index in [0.29, 0.717) is 23.9 Å². The minimum atomic E-state index is -1.03. The van der Waals surface area contributed by atoms with Crippen molar-refractivity contribution in [3.63, 3.8) is 0 Å². The number of imidazole rings is 1. The summed E-state index contributed by atoms with van der Waals surface area (Å²) in [5, 5.41) is 16.2. The van der Waals surface area contributed by atoms with Crippen molar-refractivity contribution in [2.24, 2.45) is 5.92 Å². The van der Waals surface area contributed by atoms with Crippen LogP contribution in [-0.2, 0) is 11.2 Å². The molecule has 0 aliphatic carbocycles. The summed E-state index contributed by atoms with van der Waals surface area (Å²) in [5.41, 5.74) is 4.17. The predicted octanol–water partition coefficient (Wildman–Crippen LogP) is 4.91. The molecule has 2 aromatic heterocycles. The summed E-state index contributed by atoms with van der Waals surface area (Å²) < 4.78 is 2.10. The van der Waals surface area contributed by atoms with E-state index in [-0.39, 0.29) is 5.92 Å². The van der Waals surface area contributed by atoms with Crippen molar-refractivity contribution in [2.45, 2.75) is 32.7 Å². The molecule has 0 aliphatic heterocycles. The molecule has 1 amide bonds. The number of carboxylic acids is 1. The molecule has 164 valence electrons. The molecule has 0 fully saturated rings. The van der Waals surface area contributed by atoms with E-state index in [1.807, 2.05) is 55.6 Å². The average Bonchev–Trinajstić information content (AvgIpc) is 3.40. The van der Waals surface area contributed by atoms with Gasteiger partial charge in [0.2, 0.25) is 0 Å². The van der Waals surface area contributed by atoms with E-state index in [4.69, 9.17) is 4.98 Å². The second kappa shape index (κ2) is 9.36. The van der Waals surface area contributed by atoms with Crippen LogP contribution in [0.2, 0.25) is 0 Å². The zero-order valence-electron chi connectivity index (χ0n) is 18.0. The quantitative estimate of drug-likeness (QED) is 0.402. The lowest BCUT2D eigenvalue weighted by atomic mass is 10.0. The van der Waals surface area contributed by atoms with Crippen LogP contribution in [0.4, 0.5) is 0 Å². The fourth-order valence-corrected chi connectivity index (χ4v) is 4.43. The molecule has 1 unspecified atom stereocenters. The number of carboxylic acid groups (broad SMARTS) is 1. The molecule has 4 aromatic rings. The zero-order chi connectivity index (χ0) is 22.7. The number of nitrogens with one attached hydrogen (secondary N) is 1. The summed E-state index contributed by atoms with van der Waals surface area (Å²) in [6.45, 7) is 3.86. The zero-order valence-corrected chi connectivity index (χ0v) is 18.8. The van der Waals surface area contributed by atoms with Crippen LogP contribution in [0, 0.1) is 5.92 Å². The van der Waals surface area contributed by atoms with Crippen molar-refractivity contribution in [3.8, 4) is 5.69 Å². The van der Waals surface area contributed by atoms with Gasteiger partial charge in [0.05, 0.1) is 11.0 Å². The van der Waals surface area contributed by atoms with Gasteiger partial charge in [-0.2, -0.15) is 11.3 Å². The lowest BCUT2D eigenvalue weighted by Gasteiger charge is -2.16. The number of hydrogen-bond donors (Lipinski definition) is 2. The van der Waals surface area contributed by atoms with Gasteiger partial charge in [0, 0.05) is 17.7 Å². The Bertz CT molecular complexity index is 1230. The molecule has 32 heavy (non-hydrogen) atoms. The summed E-state index contributed by atoms with van der Waals surface area (Å²) in [5.74, 6) is -0.404. The average molecular weight is 448 g/mol. The second-order valence-electron chi connectivity index (χ2n) is 8.20. The first kappa shape index (κ1) is 21.8. The minimum Gasteiger partial charge on any atom is -0.480 e. The third kappa shape index (κ3) is 4.73. The Kier molecular flexibility index (Phi) is 6.37. The molecular formula is C25H25N3O3S. The lowest BCUT2D eigenvalue weighted by molar-refractivity contribution is -0.139. The van der Waals surface area contributed by atoms with Gasteiger partial charge in [0.25, 0.3) is 5.91 Å². The SMILES string of the molecule is CC(C)CC(NC(=O)c1ccc2c(c1)nc(Cc1ccsc1)n2-c1ccccc1)C(=O)O. The van der Waals surface area contributed by atoms with Crippen LogP contribution in [0.15, 0.2) is 65.4 Å². The Morgan fingerprint density at radius 2 is 1.91 bits per heavy atom. The van der Waals surface area contributed by atoms with Gasteiger partial charge < -0.3 is 10.4 Å². The van der Waals surface area contributed by atoms with Gasteiger partial charge >= 0.3 is 5.97 Å². The third-order valence-electron chi connectivity index (χ3n) is 5.25. The number of para-hydroxylation sites is 1. The maximum atomic E-state index is 12.8. The summed E-state index contributed by atoms with van der Waals surface area (Å²) >= 11 is 1.65. The molecule has 0 radical (unpaired) electrons. The Hall–Kier alpha value is -3.45. The number of hydrogen-bond acceptors (Lipinski definition) is 4. The Morgan fingerprint density at radius 3 is 2.56 bits per heavy atom. The summed E-state index contributed by atoms with van der Waals surface area (Å²) in [4.78, 5) is 29.2. The topological polar surface area (TPSA) is 84.2 Å². The van der Waals surface area contributed by atoms with Crippen LogP contribution < -0.4 is 5.32 Å². The number of amides is 1. The highest BCUT2D eigenvalue weighted by Gasteiger charge is 2.22. The molecular weight excluding hydrogens is 422 g/mol. The first-order valence-electron chi connectivity index (χ1n) is 10.5. The van der Waals surface area contributed by atoms with Crippen molar-refractivity contribution in [2.75, 3.05) is 0 Å². The van der Waals surface area contributed by atoms with E-state index < -0.39 is 17.9 Å². The normalized spacial score (nSPS) is 12.2. The molecule has 0 spiro atoms. The molecule has 0 saturated heterocycles. The third-order valence-corrected chi connectivity index (χ3v) is 5.99. The molecule has 2 heterocycles. The largest absolute Gasteiger partial charge is 0.480 e. The number of fused-ring (bicyclic) bond motifs is 1. The first-order valence-corrected chi connectivity index (χ1v) is 11.5. The van der Waals surface area contributed by atoms with Gasteiger partial charge in [0.15, 0.2) is 0 Å². The highest BCUT2D eigenvalue weighted by atomic mass is 32.1. The smallest absolute Gasteiger partial charge is 0.326 e. The van der Waals surface area contributed by atoms with E-state index in [0.717, 1.165) is 17.0 Å². The van der Waals surface area contributed by atoms with Crippen LogP contribution in [0.3, 0.4) is 0 Å². The van der Waals surface area contributed by atoms with Crippen LogP contribution in [0.5, 0.6) is 0 Å². The van der Waals surface area contributed by atoms with Gasteiger partial charge in [-0.05, 0) is 65.1 Å². The minimum absolute atomic E-state index is 0.153. The number of benzene rings is 2. The van der Waals surface area contributed by atoms with Gasteiger partial charge in [-0.3, -0.25) is 9.36 Å². The summed E-state index contributed by atoms with van der Waals surface area (Å²) in [7, 11) is 0. The van der Waals surface area contributed by atoms with Crippen molar-refractivity contribution in [1.82, 2.24) is 14.9 Å². The van der Waals surface area contributed by atoms with Crippen molar-refractivity contribution in [3.05, 3.63) is 82.3 Å². The predicted molar refractivity (Wildman–Crippen MR) is 127 cm³/mol. The number of nitrogens with zero attached hydrogens (tertiary/aromatic N) is 2.